The van der Waals surface area contributed by atoms with Gasteiger partial charge in [-0.1, -0.05) is 45.4 Å². The molecule has 0 aromatic carbocycles. The number of hydrogen-bond acceptors (Lipinski definition) is 5. The zero-order chi connectivity index (χ0) is 30.5. The van der Waals surface area contributed by atoms with Gasteiger partial charge in [0.2, 0.25) is 5.78 Å². The first-order valence-corrected chi connectivity index (χ1v) is 16.0. The van der Waals surface area contributed by atoms with Crippen LogP contribution < -0.4 is 5.32 Å². The number of allylic oxidation sites excluding steroid dienone is 7. The second-order valence-electron chi connectivity index (χ2n) is 15.7. The number of rotatable bonds is 1. The number of nitrogens with zero attached hydrogens (tertiary/aromatic N) is 2. The molecule has 6 atom stereocenters. The van der Waals surface area contributed by atoms with Crippen molar-refractivity contribution in [3.8, 4) is 0 Å². The van der Waals surface area contributed by atoms with Crippen LogP contribution in [-0.2, 0) is 14.4 Å². The van der Waals surface area contributed by atoms with Crippen molar-refractivity contribution >= 4 is 17.6 Å². The molecule has 0 aromatic rings. The highest BCUT2D eigenvalue weighted by molar-refractivity contribution is 6.35. The Hall–Kier alpha value is -2.67. The third-order valence-electron chi connectivity index (χ3n) is 13.1. The highest BCUT2D eigenvalue weighted by Gasteiger charge is 2.67. The summed E-state index contributed by atoms with van der Waals surface area (Å²) in [6, 6.07) is 0. The Morgan fingerprint density at radius 1 is 0.976 bits per heavy atom. The van der Waals surface area contributed by atoms with Crippen LogP contribution in [0.25, 0.3) is 0 Å². The Morgan fingerprint density at radius 2 is 1.69 bits per heavy atom. The molecule has 0 bridgehead atoms. The number of aliphatic hydroxyl groups excluding tert-OH is 1. The third kappa shape index (κ3) is 4.05. The van der Waals surface area contributed by atoms with E-state index in [4.69, 9.17) is 0 Å². The van der Waals surface area contributed by atoms with Gasteiger partial charge < -0.3 is 15.3 Å². The molecule has 6 rings (SSSR count). The molecule has 7 nitrogen and oxygen atoms in total. The predicted molar refractivity (Wildman–Crippen MR) is 163 cm³/mol. The number of carbonyl (C=O) groups excluding carboxylic acids is 3. The SMILES string of the molecule is CC1=C(O)C(=O)C=C2C1=CC=C1[C@@]2(C)CC[C@@]2(C)C3C[C@](C)(NC(=O)C(=O)N4CCCN(C)C4)CC[C@]3(C)CC[C@]12C. The first kappa shape index (κ1) is 29.4. The summed E-state index contributed by atoms with van der Waals surface area (Å²) in [6.45, 7) is 15.8. The fraction of sp³-hybridized carbons (Fsp3) is 0.686. The van der Waals surface area contributed by atoms with Crippen molar-refractivity contribution in [2.45, 2.75) is 98.4 Å². The third-order valence-corrected chi connectivity index (χ3v) is 13.1. The molecule has 3 saturated carbocycles. The number of hydrogen-bond donors (Lipinski definition) is 2. The van der Waals surface area contributed by atoms with Gasteiger partial charge in [-0.25, -0.2) is 0 Å². The Labute approximate surface area is 251 Å². The minimum Gasteiger partial charge on any atom is -0.504 e. The summed E-state index contributed by atoms with van der Waals surface area (Å²) in [6.07, 6.45) is 13.9. The van der Waals surface area contributed by atoms with Gasteiger partial charge in [-0.05, 0) is 112 Å². The molecule has 0 radical (unpaired) electrons. The smallest absolute Gasteiger partial charge is 0.312 e. The second-order valence-corrected chi connectivity index (χ2v) is 15.7. The van der Waals surface area contributed by atoms with Crippen LogP contribution in [0.4, 0.5) is 0 Å². The number of fused-ring (bicyclic) bond motifs is 7. The summed E-state index contributed by atoms with van der Waals surface area (Å²) >= 11 is 0. The van der Waals surface area contributed by atoms with E-state index in [1.807, 2.05) is 14.0 Å². The molecule has 2 amide bonds. The van der Waals surface area contributed by atoms with Crippen molar-refractivity contribution in [1.29, 1.82) is 0 Å². The fourth-order valence-corrected chi connectivity index (χ4v) is 10.2. The van der Waals surface area contributed by atoms with Crippen LogP contribution in [-0.4, -0.2) is 64.8 Å². The van der Waals surface area contributed by atoms with E-state index < -0.39 is 17.4 Å². The lowest BCUT2D eigenvalue weighted by atomic mass is 9.35. The highest BCUT2D eigenvalue weighted by atomic mass is 16.3. The monoisotopic (exact) mass is 575 g/mol. The molecule has 0 aromatic heterocycles. The van der Waals surface area contributed by atoms with E-state index in [0.717, 1.165) is 69.1 Å². The number of amides is 2. The van der Waals surface area contributed by atoms with Crippen molar-refractivity contribution in [2.24, 2.45) is 27.6 Å². The van der Waals surface area contributed by atoms with Gasteiger partial charge in [0, 0.05) is 29.6 Å². The molecule has 42 heavy (non-hydrogen) atoms. The molecular weight excluding hydrogens is 526 g/mol. The molecule has 6 aliphatic rings. The highest BCUT2D eigenvalue weighted by Crippen LogP contribution is 2.75. The van der Waals surface area contributed by atoms with Gasteiger partial charge in [-0.3, -0.25) is 19.3 Å². The van der Waals surface area contributed by atoms with Crippen LogP contribution in [0.5, 0.6) is 0 Å². The maximum Gasteiger partial charge on any atom is 0.312 e. The molecule has 4 fully saturated rings. The summed E-state index contributed by atoms with van der Waals surface area (Å²) in [4.78, 5) is 43.0. The maximum absolute atomic E-state index is 13.3. The molecule has 228 valence electrons. The standard InChI is InChI=1S/C35H49N3O4/c1-22-23-9-10-26-33(4,24(23)19-25(39)28(22)40)14-16-35(6)27-20-32(3,13-11-31(27,2)12-15-34(26,35)5)36-29(41)30(42)38-18-8-17-37(7)21-38/h9-10,19,27,40H,8,11-18,20-21H2,1-7H3,(H,36,41)/t27?,31-,32-,33+,34-,35+/m1/s1. The molecule has 1 unspecified atom stereocenters. The lowest BCUT2D eigenvalue weighted by Crippen LogP contribution is -2.65. The summed E-state index contributed by atoms with van der Waals surface area (Å²) in [5.41, 5.74) is 3.52. The number of ketones is 1. The molecular formula is C35H49N3O4. The van der Waals surface area contributed by atoms with E-state index in [9.17, 15) is 19.5 Å². The zero-order valence-corrected chi connectivity index (χ0v) is 26.7. The van der Waals surface area contributed by atoms with E-state index in [1.165, 1.54) is 5.57 Å². The molecule has 0 spiro atoms. The van der Waals surface area contributed by atoms with Gasteiger partial charge in [0.1, 0.15) is 0 Å². The quantitative estimate of drug-likeness (QED) is 0.397. The van der Waals surface area contributed by atoms with Gasteiger partial charge in [0.15, 0.2) is 5.76 Å². The summed E-state index contributed by atoms with van der Waals surface area (Å²) < 4.78 is 0. The fourth-order valence-electron chi connectivity index (χ4n) is 10.2. The molecule has 7 heteroatoms. The Balaban J connectivity index is 1.31. The molecule has 2 N–H and O–H groups in total. The molecule has 5 aliphatic carbocycles. The minimum absolute atomic E-state index is 0.00502. The average molecular weight is 576 g/mol. The van der Waals surface area contributed by atoms with E-state index in [0.29, 0.717) is 24.7 Å². The first-order chi connectivity index (χ1) is 19.6. The topological polar surface area (TPSA) is 89.9 Å². The zero-order valence-electron chi connectivity index (χ0n) is 26.7. The molecule has 1 heterocycles. The van der Waals surface area contributed by atoms with Crippen LogP contribution >= 0.6 is 0 Å². The van der Waals surface area contributed by atoms with Crippen LogP contribution in [0.1, 0.15) is 92.9 Å². The first-order valence-electron chi connectivity index (χ1n) is 16.0. The van der Waals surface area contributed by atoms with Gasteiger partial charge in [0.05, 0.1) is 6.67 Å². The minimum atomic E-state index is -0.468. The normalized spacial score (nSPS) is 41.9. The Kier molecular flexibility index (Phi) is 6.59. The number of nitrogens with one attached hydrogen (secondary N) is 1. The van der Waals surface area contributed by atoms with Crippen molar-refractivity contribution in [3.63, 3.8) is 0 Å². The van der Waals surface area contributed by atoms with E-state index in [2.05, 4.69) is 57.0 Å². The van der Waals surface area contributed by atoms with Gasteiger partial charge >= 0.3 is 11.8 Å². The lowest BCUT2D eigenvalue weighted by molar-refractivity contribution is -0.160. The number of aliphatic hydroxyl groups is 1. The van der Waals surface area contributed by atoms with Crippen LogP contribution in [0, 0.1) is 27.6 Å². The van der Waals surface area contributed by atoms with E-state index in [1.54, 1.807) is 11.0 Å². The van der Waals surface area contributed by atoms with Crippen LogP contribution in [0.2, 0.25) is 0 Å². The number of carbonyl (C=O) groups is 3. The Morgan fingerprint density at radius 3 is 2.40 bits per heavy atom. The predicted octanol–water partition coefficient (Wildman–Crippen LogP) is 5.60. The van der Waals surface area contributed by atoms with Gasteiger partial charge in [-0.2, -0.15) is 0 Å². The Bertz CT molecular complexity index is 1390. The lowest BCUT2D eigenvalue weighted by Gasteiger charge is -2.70. The van der Waals surface area contributed by atoms with Crippen molar-refractivity contribution < 1.29 is 19.5 Å². The van der Waals surface area contributed by atoms with Crippen molar-refractivity contribution in [1.82, 2.24) is 15.1 Å². The molecule has 1 aliphatic heterocycles. The largest absolute Gasteiger partial charge is 0.504 e. The van der Waals surface area contributed by atoms with Crippen LogP contribution in [0.3, 0.4) is 0 Å². The van der Waals surface area contributed by atoms with Crippen molar-refractivity contribution in [3.05, 3.63) is 46.3 Å². The van der Waals surface area contributed by atoms with E-state index in [-0.39, 0.29) is 33.2 Å². The van der Waals surface area contributed by atoms with E-state index >= 15 is 0 Å². The van der Waals surface area contributed by atoms with Gasteiger partial charge in [-0.15, -0.1) is 0 Å². The summed E-state index contributed by atoms with van der Waals surface area (Å²) in [5, 5.41) is 13.7. The second kappa shape index (κ2) is 9.41. The summed E-state index contributed by atoms with van der Waals surface area (Å²) in [5.74, 6) is -0.932. The van der Waals surface area contributed by atoms with Gasteiger partial charge in [0.25, 0.3) is 0 Å². The summed E-state index contributed by atoms with van der Waals surface area (Å²) in [7, 11) is 1.99. The molecule has 1 saturated heterocycles. The maximum atomic E-state index is 13.3. The van der Waals surface area contributed by atoms with Crippen molar-refractivity contribution in [2.75, 3.05) is 26.8 Å². The average Bonchev–Trinajstić information content (AvgIpc) is 2.94. The van der Waals surface area contributed by atoms with Crippen LogP contribution in [0.15, 0.2) is 46.3 Å².